The summed E-state index contributed by atoms with van der Waals surface area (Å²) in [6.07, 6.45) is 1.56. The summed E-state index contributed by atoms with van der Waals surface area (Å²) >= 11 is 8.89. The maximum atomic E-state index is 13.3. The summed E-state index contributed by atoms with van der Waals surface area (Å²) in [6.45, 7) is -0.0610. The number of hydrogen-bond donors (Lipinski definition) is 0. The highest BCUT2D eigenvalue weighted by Crippen LogP contribution is 2.34. The highest BCUT2D eigenvalue weighted by molar-refractivity contribution is 14.1. The Morgan fingerprint density at radius 2 is 1.88 bits per heavy atom. The van der Waals surface area contributed by atoms with E-state index < -0.39 is 22.9 Å². The zero-order valence-electron chi connectivity index (χ0n) is 16.8. The molecular weight excluding hydrogens is 580 g/mol. The fraction of sp³-hybridized carbons (Fsp3) is 0.0417. The van der Waals surface area contributed by atoms with Gasteiger partial charge < -0.3 is 4.74 Å². The third-order valence-electron chi connectivity index (χ3n) is 4.68. The van der Waals surface area contributed by atoms with E-state index >= 15 is 0 Å². The Morgan fingerprint density at radius 3 is 2.64 bits per heavy atom. The molecule has 0 bridgehead atoms. The summed E-state index contributed by atoms with van der Waals surface area (Å²) < 4.78 is 19.5. The second-order valence-electron chi connectivity index (χ2n) is 6.95. The molecule has 0 unspecified atom stereocenters. The first kappa shape index (κ1) is 23.5. The van der Waals surface area contributed by atoms with Crippen molar-refractivity contribution in [1.29, 1.82) is 0 Å². The first-order chi connectivity index (χ1) is 15.8. The Morgan fingerprint density at radius 1 is 1.09 bits per heavy atom. The fourth-order valence-electron chi connectivity index (χ4n) is 3.06. The van der Waals surface area contributed by atoms with Crippen LogP contribution in [-0.2, 0) is 11.3 Å². The van der Waals surface area contributed by atoms with Gasteiger partial charge in [0.05, 0.1) is 17.0 Å². The van der Waals surface area contributed by atoms with Crippen LogP contribution >= 0.6 is 46.0 Å². The minimum absolute atomic E-state index is 0.0610. The van der Waals surface area contributed by atoms with Gasteiger partial charge in [-0.2, -0.15) is 0 Å². The van der Waals surface area contributed by atoms with Gasteiger partial charge >= 0.3 is 5.97 Å². The molecule has 1 aliphatic heterocycles. The second kappa shape index (κ2) is 10.1. The van der Waals surface area contributed by atoms with Crippen LogP contribution in [0.4, 0.5) is 9.18 Å². The van der Waals surface area contributed by atoms with Crippen LogP contribution in [0.3, 0.4) is 0 Å². The van der Waals surface area contributed by atoms with Gasteiger partial charge in [-0.25, -0.2) is 9.18 Å². The van der Waals surface area contributed by atoms with Crippen molar-refractivity contribution in [3.05, 3.63) is 103 Å². The zero-order chi connectivity index (χ0) is 23.5. The highest BCUT2D eigenvalue weighted by Gasteiger charge is 2.35. The van der Waals surface area contributed by atoms with Crippen LogP contribution < -0.4 is 4.74 Å². The van der Waals surface area contributed by atoms with Crippen molar-refractivity contribution >= 4 is 69.1 Å². The van der Waals surface area contributed by atoms with Crippen molar-refractivity contribution in [3.8, 4) is 5.75 Å². The lowest BCUT2D eigenvalue weighted by molar-refractivity contribution is -0.123. The number of rotatable bonds is 5. The SMILES string of the molecule is O=C(Oc1cccc(/C=C2\SC(=O)N(Cc3ccc(F)cc3Cl)C2=O)c1)c1ccccc1I. The Bertz CT molecular complexity index is 1310. The molecule has 33 heavy (non-hydrogen) atoms. The zero-order valence-corrected chi connectivity index (χ0v) is 20.5. The van der Waals surface area contributed by atoms with E-state index in [2.05, 4.69) is 22.6 Å². The van der Waals surface area contributed by atoms with Crippen molar-refractivity contribution in [2.75, 3.05) is 0 Å². The number of carbonyl (C=O) groups is 3. The Labute approximate surface area is 211 Å². The van der Waals surface area contributed by atoms with Crippen molar-refractivity contribution < 1.29 is 23.5 Å². The van der Waals surface area contributed by atoms with E-state index in [4.69, 9.17) is 16.3 Å². The lowest BCUT2D eigenvalue weighted by atomic mass is 10.2. The minimum Gasteiger partial charge on any atom is -0.423 e. The van der Waals surface area contributed by atoms with Gasteiger partial charge in [0.25, 0.3) is 11.1 Å². The van der Waals surface area contributed by atoms with Gasteiger partial charge in [0.15, 0.2) is 0 Å². The van der Waals surface area contributed by atoms with Gasteiger partial charge in [-0.15, -0.1) is 0 Å². The Hall–Kier alpha value is -2.69. The van der Waals surface area contributed by atoms with E-state index in [1.165, 1.54) is 12.1 Å². The standard InChI is InChI=1S/C24H14ClFINO4S/c25-19-12-16(26)9-8-15(19)13-28-22(29)21(33-24(28)31)11-14-4-3-5-17(10-14)32-23(30)18-6-1-2-7-20(18)27/h1-12H,13H2/b21-11-. The summed E-state index contributed by atoms with van der Waals surface area (Å²) in [5.74, 6) is -1.16. The molecular formula is C24H14ClFINO4S. The summed E-state index contributed by atoms with van der Waals surface area (Å²) in [4.78, 5) is 38.9. The monoisotopic (exact) mass is 593 g/mol. The van der Waals surface area contributed by atoms with Gasteiger partial charge in [-0.05, 0) is 88.0 Å². The number of thioether (sulfide) groups is 1. The predicted molar refractivity (Wildman–Crippen MR) is 133 cm³/mol. The first-order valence-corrected chi connectivity index (χ1v) is 11.9. The number of imide groups is 1. The van der Waals surface area contributed by atoms with Crippen LogP contribution in [0.25, 0.3) is 6.08 Å². The number of benzene rings is 3. The van der Waals surface area contributed by atoms with Crippen LogP contribution in [0.1, 0.15) is 21.5 Å². The quantitative estimate of drug-likeness (QED) is 0.146. The van der Waals surface area contributed by atoms with Crippen molar-refractivity contribution in [2.24, 2.45) is 0 Å². The molecule has 0 radical (unpaired) electrons. The van der Waals surface area contributed by atoms with Crippen LogP contribution in [-0.4, -0.2) is 22.0 Å². The van der Waals surface area contributed by atoms with E-state index in [-0.39, 0.29) is 16.5 Å². The molecule has 0 spiro atoms. The average molecular weight is 594 g/mol. The number of amides is 2. The topological polar surface area (TPSA) is 63.7 Å². The molecule has 0 aliphatic carbocycles. The number of halogens is 3. The van der Waals surface area contributed by atoms with Crippen LogP contribution in [0.2, 0.25) is 5.02 Å². The molecule has 1 heterocycles. The fourth-order valence-corrected chi connectivity index (χ4v) is 4.74. The van der Waals surface area contributed by atoms with Gasteiger partial charge in [0, 0.05) is 8.59 Å². The molecule has 4 rings (SSSR count). The number of esters is 1. The van der Waals surface area contributed by atoms with Crippen molar-refractivity contribution in [2.45, 2.75) is 6.54 Å². The molecule has 1 saturated heterocycles. The summed E-state index contributed by atoms with van der Waals surface area (Å²) in [6, 6.07) is 17.5. The normalized spacial score (nSPS) is 14.8. The smallest absolute Gasteiger partial charge is 0.344 e. The lowest BCUT2D eigenvalue weighted by Crippen LogP contribution is -2.27. The Balaban J connectivity index is 1.51. The third kappa shape index (κ3) is 5.45. The summed E-state index contributed by atoms with van der Waals surface area (Å²) in [7, 11) is 0. The predicted octanol–water partition coefficient (Wildman–Crippen LogP) is 6.54. The molecule has 0 aromatic heterocycles. The first-order valence-electron chi connectivity index (χ1n) is 9.58. The summed E-state index contributed by atoms with van der Waals surface area (Å²) in [5, 5.41) is -0.312. The number of hydrogen-bond acceptors (Lipinski definition) is 5. The highest BCUT2D eigenvalue weighted by atomic mass is 127. The lowest BCUT2D eigenvalue weighted by Gasteiger charge is -2.13. The van der Waals surface area contributed by atoms with Crippen LogP contribution in [0.5, 0.6) is 5.75 Å². The maximum absolute atomic E-state index is 13.3. The van der Waals surface area contributed by atoms with E-state index in [0.29, 0.717) is 22.4 Å². The Kier molecular flexibility index (Phi) is 7.16. The number of carbonyl (C=O) groups excluding carboxylic acids is 3. The maximum Gasteiger partial charge on any atom is 0.344 e. The van der Waals surface area contributed by atoms with Gasteiger partial charge in [-0.1, -0.05) is 41.9 Å². The number of ether oxygens (including phenoxy) is 1. The molecule has 1 aliphatic rings. The molecule has 0 atom stereocenters. The summed E-state index contributed by atoms with van der Waals surface area (Å²) in [5.41, 5.74) is 1.50. The number of nitrogens with zero attached hydrogens (tertiary/aromatic N) is 1. The molecule has 1 fully saturated rings. The molecule has 0 saturated carbocycles. The molecule has 3 aromatic rings. The molecule has 9 heteroatoms. The minimum atomic E-state index is -0.500. The van der Waals surface area contributed by atoms with Crippen molar-refractivity contribution in [1.82, 2.24) is 4.90 Å². The largest absolute Gasteiger partial charge is 0.423 e. The van der Waals surface area contributed by atoms with Gasteiger partial charge in [-0.3, -0.25) is 14.5 Å². The van der Waals surface area contributed by atoms with E-state index in [1.54, 1.807) is 42.5 Å². The molecule has 3 aromatic carbocycles. The van der Waals surface area contributed by atoms with E-state index in [1.807, 2.05) is 12.1 Å². The van der Waals surface area contributed by atoms with Gasteiger partial charge in [0.1, 0.15) is 11.6 Å². The third-order valence-corrected chi connectivity index (χ3v) is 6.88. The molecule has 166 valence electrons. The second-order valence-corrected chi connectivity index (χ2v) is 9.51. The molecule has 2 amide bonds. The average Bonchev–Trinajstić information content (AvgIpc) is 3.03. The van der Waals surface area contributed by atoms with Crippen LogP contribution in [0.15, 0.2) is 71.6 Å². The van der Waals surface area contributed by atoms with E-state index in [9.17, 15) is 18.8 Å². The molecule has 0 N–H and O–H groups in total. The van der Waals surface area contributed by atoms with Crippen LogP contribution in [0, 0.1) is 9.39 Å². The van der Waals surface area contributed by atoms with Crippen molar-refractivity contribution in [3.63, 3.8) is 0 Å². The molecule has 5 nitrogen and oxygen atoms in total. The van der Waals surface area contributed by atoms with E-state index in [0.717, 1.165) is 26.3 Å². The van der Waals surface area contributed by atoms with Gasteiger partial charge in [0.2, 0.25) is 0 Å².